The molecule has 0 saturated carbocycles. The van der Waals surface area contributed by atoms with Gasteiger partial charge in [0.15, 0.2) is 0 Å². The predicted molar refractivity (Wildman–Crippen MR) is 95.1 cm³/mol. The van der Waals surface area contributed by atoms with Crippen molar-refractivity contribution >= 4 is 17.5 Å². The lowest BCUT2D eigenvalue weighted by molar-refractivity contribution is -0.162. The average Bonchev–Trinajstić information content (AvgIpc) is 2.64. The van der Waals surface area contributed by atoms with E-state index in [1.165, 1.54) is 6.92 Å². The lowest BCUT2D eigenvalue weighted by Crippen LogP contribution is -2.52. The SMILES string of the molecule is CC(=O)Nc1ccc([C@H]2OCC(=O)N(Cc3ccncc3)[C@@H]2CO)cc1. The van der Waals surface area contributed by atoms with Crippen LogP contribution in [0.1, 0.15) is 24.2 Å². The van der Waals surface area contributed by atoms with Crippen LogP contribution < -0.4 is 5.32 Å². The molecular formula is C19H21N3O4. The van der Waals surface area contributed by atoms with E-state index in [0.717, 1.165) is 11.1 Å². The first-order chi connectivity index (χ1) is 12.6. The number of aromatic nitrogens is 1. The summed E-state index contributed by atoms with van der Waals surface area (Å²) in [5.74, 6) is -0.305. The zero-order valence-corrected chi connectivity index (χ0v) is 14.5. The highest BCUT2D eigenvalue weighted by molar-refractivity contribution is 5.88. The second-order valence-electron chi connectivity index (χ2n) is 6.16. The van der Waals surface area contributed by atoms with Crippen molar-refractivity contribution in [3.63, 3.8) is 0 Å². The molecule has 7 heteroatoms. The Hall–Kier alpha value is -2.77. The fraction of sp³-hybridized carbons (Fsp3) is 0.316. The van der Waals surface area contributed by atoms with E-state index >= 15 is 0 Å². The first-order valence-corrected chi connectivity index (χ1v) is 8.37. The van der Waals surface area contributed by atoms with Gasteiger partial charge in [-0.2, -0.15) is 0 Å². The van der Waals surface area contributed by atoms with Crippen LogP contribution >= 0.6 is 0 Å². The number of amides is 2. The largest absolute Gasteiger partial charge is 0.394 e. The molecule has 3 rings (SSSR count). The van der Waals surface area contributed by atoms with Gasteiger partial charge in [-0.25, -0.2) is 0 Å². The Morgan fingerprint density at radius 3 is 2.58 bits per heavy atom. The van der Waals surface area contributed by atoms with E-state index in [2.05, 4.69) is 10.3 Å². The maximum absolute atomic E-state index is 12.3. The molecule has 1 saturated heterocycles. The standard InChI is InChI=1S/C19H21N3O4/c1-13(24)21-16-4-2-15(3-5-16)19-17(11-23)22(18(25)12-26-19)10-14-6-8-20-9-7-14/h2-9,17,19,23H,10-12H2,1H3,(H,21,24)/t17-,19-/m1/s1. The van der Waals surface area contributed by atoms with Crippen molar-refractivity contribution in [2.75, 3.05) is 18.5 Å². The summed E-state index contributed by atoms with van der Waals surface area (Å²) in [5, 5.41) is 12.6. The quantitative estimate of drug-likeness (QED) is 0.848. The number of ether oxygens (including phenoxy) is 1. The van der Waals surface area contributed by atoms with E-state index in [0.29, 0.717) is 12.2 Å². The number of hydrogen-bond donors (Lipinski definition) is 2. The van der Waals surface area contributed by atoms with Gasteiger partial charge in [0, 0.05) is 31.5 Å². The van der Waals surface area contributed by atoms with Crippen LogP contribution in [0.5, 0.6) is 0 Å². The third-order valence-electron chi connectivity index (χ3n) is 4.31. The molecule has 1 aliphatic rings. The first kappa shape index (κ1) is 18.0. The van der Waals surface area contributed by atoms with Gasteiger partial charge < -0.3 is 20.1 Å². The van der Waals surface area contributed by atoms with Gasteiger partial charge in [-0.1, -0.05) is 12.1 Å². The molecule has 2 N–H and O–H groups in total. The highest BCUT2D eigenvalue weighted by Crippen LogP contribution is 2.30. The summed E-state index contributed by atoms with van der Waals surface area (Å²) in [6, 6.07) is 10.4. The molecule has 2 aromatic rings. The monoisotopic (exact) mass is 355 g/mol. The predicted octanol–water partition coefficient (Wildman–Crippen LogP) is 1.50. The number of anilines is 1. The van der Waals surface area contributed by atoms with Gasteiger partial charge >= 0.3 is 0 Å². The molecule has 1 aromatic carbocycles. The molecule has 0 unspecified atom stereocenters. The van der Waals surface area contributed by atoms with Crippen LogP contribution in [0.25, 0.3) is 0 Å². The highest BCUT2D eigenvalue weighted by Gasteiger charge is 2.37. The van der Waals surface area contributed by atoms with Gasteiger partial charge in [-0.3, -0.25) is 14.6 Å². The number of morpholine rings is 1. The number of pyridine rings is 1. The summed E-state index contributed by atoms with van der Waals surface area (Å²) in [4.78, 5) is 29.1. The summed E-state index contributed by atoms with van der Waals surface area (Å²) >= 11 is 0. The topological polar surface area (TPSA) is 91.8 Å². The summed E-state index contributed by atoms with van der Waals surface area (Å²) in [6.45, 7) is 1.58. The fourth-order valence-electron chi connectivity index (χ4n) is 3.07. The number of carbonyl (C=O) groups excluding carboxylic acids is 2. The molecular weight excluding hydrogens is 334 g/mol. The van der Waals surface area contributed by atoms with Crippen LogP contribution in [-0.4, -0.2) is 46.1 Å². The number of carbonyl (C=O) groups is 2. The molecule has 136 valence electrons. The van der Waals surface area contributed by atoms with Crippen LogP contribution in [0.15, 0.2) is 48.8 Å². The van der Waals surface area contributed by atoms with Crippen molar-refractivity contribution in [3.8, 4) is 0 Å². The van der Waals surface area contributed by atoms with Crippen LogP contribution in [-0.2, 0) is 20.9 Å². The summed E-state index contributed by atoms with van der Waals surface area (Å²) < 4.78 is 5.72. The summed E-state index contributed by atoms with van der Waals surface area (Å²) in [7, 11) is 0. The van der Waals surface area contributed by atoms with Crippen molar-refractivity contribution in [3.05, 3.63) is 59.9 Å². The molecule has 7 nitrogen and oxygen atoms in total. The molecule has 2 amide bonds. The minimum atomic E-state index is -0.490. The van der Waals surface area contributed by atoms with Crippen molar-refractivity contribution < 1.29 is 19.4 Å². The molecule has 0 radical (unpaired) electrons. The van der Waals surface area contributed by atoms with Crippen molar-refractivity contribution in [2.24, 2.45) is 0 Å². The molecule has 0 aliphatic carbocycles. The molecule has 2 heterocycles. The van der Waals surface area contributed by atoms with Crippen LogP contribution in [0.3, 0.4) is 0 Å². The summed E-state index contributed by atoms with van der Waals surface area (Å²) in [5.41, 5.74) is 2.46. The highest BCUT2D eigenvalue weighted by atomic mass is 16.5. The number of nitrogens with zero attached hydrogens (tertiary/aromatic N) is 2. The number of nitrogens with one attached hydrogen (secondary N) is 1. The zero-order chi connectivity index (χ0) is 18.5. The molecule has 0 bridgehead atoms. The van der Waals surface area contributed by atoms with E-state index in [1.54, 1.807) is 29.4 Å². The Balaban J connectivity index is 1.80. The maximum Gasteiger partial charge on any atom is 0.249 e. The number of rotatable bonds is 5. The van der Waals surface area contributed by atoms with Gasteiger partial charge in [0.05, 0.1) is 12.6 Å². The normalized spacial score (nSPS) is 20.1. The van der Waals surface area contributed by atoms with Gasteiger partial charge in [-0.05, 0) is 35.4 Å². The fourth-order valence-corrected chi connectivity index (χ4v) is 3.07. The van der Waals surface area contributed by atoms with E-state index in [4.69, 9.17) is 4.74 Å². The maximum atomic E-state index is 12.3. The van der Waals surface area contributed by atoms with Crippen LogP contribution in [0.2, 0.25) is 0 Å². The second-order valence-corrected chi connectivity index (χ2v) is 6.16. The molecule has 1 aromatic heterocycles. The molecule has 1 aliphatic heterocycles. The Labute approximate surface area is 151 Å². The minimum Gasteiger partial charge on any atom is -0.394 e. The van der Waals surface area contributed by atoms with E-state index < -0.39 is 12.1 Å². The number of hydrogen-bond acceptors (Lipinski definition) is 5. The van der Waals surface area contributed by atoms with Gasteiger partial charge in [-0.15, -0.1) is 0 Å². The van der Waals surface area contributed by atoms with Crippen LogP contribution in [0, 0.1) is 0 Å². The minimum absolute atomic E-state index is 0.0420. The Bertz CT molecular complexity index is 764. The van der Waals surface area contributed by atoms with E-state index in [9.17, 15) is 14.7 Å². The number of aliphatic hydroxyl groups is 1. The molecule has 2 atom stereocenters. The van der Waals surface area contributed by atoms with Gasteiger partial charge in [0.25, 0.3) is 0 Å². The van der Waals surface area contributed by atoms with E-state index in [1.807, 2.05) is 24.3 Å². The van der Waals surface area contributed by atoms with Crippen molar-refractivity contribution in [1.29, 1.82) is 0 Å². The second kappa shape index (κ2) is 8.07. The van der Waals surface area contributed by atoms with Gasteiger partial charge in [0.2, 0.25) is 11.8 Å². The molecule has 1 fully saturated rings. The van der Waals surface area contributed by atoms with Gasteiger partial charge in [0.1, 0.15) is 12.7 Å². The third-order valence-corrected chi connectivity index (χ3v) is 4.31. The lowest BCUT2D eigenvalue weighted by atomic mass is 9.98. The smallest absolute Gasteiger partial charge is 0.249 e. The zero-order valence-electron chi connectivity index (χ0n) is 14.5. The number of aliphatic hydroxyl groups excluding tert-OH is 1. The van der Waals surface area contributed by atoms with E-state index in [-0.39, 0.29) is 25.0 Å². The first-order valence-electron chi connectivity index (χ1n) is 8.37. The Kier molecular flexibility index (Phi) is 5.60. The van der Waals surface area contributed by atoms with Crippen molar-refractivity contribution in [1.82, 2.24) is 9.88 Å². The average molecular weight is 355 g/mol. The molecule has 0 spiro atoms. The lowest BCUT2D eigenvalue weighted by Gasteiger charge is -2.40. The number of benzene rings is 1. The molecule has 26 heavy (non-hydrogen) atoms. The van der Waals surface area contributed by atoms with Crippen molar-refractivity contribution in [2.45, 2.75) is 25.6 Å². The van der Waals surface area contributed by atoms with Crippen LogP contribution in [0.4, 0.5) is 5.69 Å². The Morgan fingerprint density at radius 2 is 1.96 bits per heavy atom. The summed E-state index contributed by atoms with van der Waals surface area (Å²) in [6.07, 6.45) is 2.91. The Morgan fingerprint density at radius 1 is 1.27 bits per heavy atom. The third kappa shape index (κ3) is 4.07.